The van der Waals surface area contributed by atoms with E-state index in [4.69, 9.17) is 5.21 Å². The first-order chi connectivity index (χ1) is 11.1. The summed E-state index contributed by atoms with van der Waals surface area (Å²) >= 11 is 0. The quantitative estimate of drug-likeness (QED) is 0.545. The highest BCUT2D eigenvalue weighted by Crippen LogP contribution is 2.22. The van der Waals surface area contributed by atoms with Gasteiger partial charge < -0.3 is 5.21 Å². The van der Waals surface area contributed by atoms with Gasteiger partial charge >= 0.3 is 0 Å². The van der Waals surface area contributed by atoms with Crippen LogP contribution in [0.1, 0.15) is 26.2 Å². The number of hydrogen-bond acceptors (Lipinski definition) is 4. The average Bonchev–Trinajstić information content (AvgIpc) is 2.57. The summed E-state index contributed by atoms with van der Waals surface area (Å²) in [5.41, 5.74) is 2.04. The highest BCUT2D eigenvalue weighted by atomic mass is 32.2. The molecule has 0 aromatic heterocycles. The van der Waals surface area contributed by atoms with Crippen LogP contribution in [-0.2, 0) is 10.0 Å². The van der Waals surface area contributed by atoms with Crippen LogP contribution in [0.4, 0.5) is 0 Å². The minimum Gasteiger partial charge on any atom is -0.317 e. The van der Waals surface area contributed by atoms with Crippen LogP contribution in [0, 0.1) is 0 Å². The maximum atomic E-state index is 12.9. The Hall–Kier alpha value is -1.47. The molecule has 5 nitrogen and oxygen atoms in total. The SMILES string of the molecule is CCCCCN(CCNO)S(=O)(=O)c1ccc2ccccc2c1. The van der Waals surface area contributed by atoms with Crippen molar-refractivity contribution in [1.82, 2.24) is 9.79 Å². The van der Waals surface area contributed by atoms with Gasteiger partial charge in [-0.15, -0.1) is 0 Å². The number of fused-ring (bicyclic) bond motifs is 1. The first-order valence-corrected chi connectivity index (χ1v) is 9.39. The fourth-order valence-electron chi connectivity index (χ4n) is 2.54. The molecule has 0 aliphatic carbocycles. The zero-order chi connectivity index (χ0) is 16.7. The molecule has 2 aromatic carbocycles. The van der Waals surface area contributed by atoms with Gasteiger partial charge in [0.25, 0.3) is 0 Å². The molecule has 0 unspecified atom stereocenters. The minimum atomic E-state index is -3.56. The predicted octanol–water partition coefficient (Wildman–Crippen LogP) is 3.00. The summed E-state index contributed by atoms with van der Waals surface area (Å²) in [6.07, 6.45) is 2.83. The predicted molar refractivity (Wildman–Crippen MR) is 92.0 cm³/mol. The first-order valence-electron chi connectivity index (χ1n) is 7.95. The van der Waals surface area contributed by atoms with E-state index in [0.717, 1.165) is 30.0 Å². The molecular formula is C17H24N2O3S. The summed E-state index contributed by atoms with van der Waals surface area (Å²) in [6, 6.07) is 12.9. The largest absolute Gasteiger partial charge is 0.317 e. The monoisotopic (exact) mass is 336 g/mol. The van der Waals surface area contributed by atoms with Gasteiger partial charge in [0.05, 0.1) is 4.90 Å². The second-order valence-corrected chi connectivity index (χ2v) is 7.47. The molecule has 0 aliphatic heterocycles. The van der Waals surface area contributed by atoms with Gasteiger partial charge in [-0.1, -0.05) is 50.1 Å². The molecule has 0 bridgehead atoms. The van der Waals surface area contributed by atoms with Crippen LogP contribution in [0.2, 0.25) is 0 Å². The summed E-state index contributed by atoms with van der Waals surface area (Å²) in [5.74, 6) is 0. The van der Waals surface area contributed by atoms with Gasteiger partial charge in [-0.2, -0.15) is 4.31 Å². The molecule has 0 saturated carbocycles. The molecule has 2 aromatic rings. The zero-order valence-corrected chi connectivity index (χ0v) is 14.2. The van der Waals surface area contributed by atoms with E-state index in [1.54, 1.807) is 12.1 Å². The molecule has 6 heteroatoms. The Morgan fingerprint density at radius 3 is 2.48 bits per heavy atom. The molecule has 2 rings (SSSR count). The summed E-state index contributed by atoms with van der Waals surface area (Å²) in [6.45, 7) is 3.00. The van der Waals surface area contributed by atoms with Crippen molar-refractivity contribution in [2.45, 2.75) is 31.1 Å². The number of hydrogen-bond donors (Lipinski definition) is 2. The van der Waals surface area contributed by atoms with Crippen LogP contribution in [0.3, 0.4) is 0 Å². The first kappa shape index (κ1) is 17.9. The Morgan fingerprint density at radius 1 is 1.04 bits per heavy atom. The van der Waals surface area contributed by atoms with E-state index >= 15 is 0 Å². The Kier molecular flexibility index (Phi) is 6.53. The number of nitrogens with zero attached hydrogens (tertiary/aromatic N) is 1. The number of sulfonamides is 1. The summed E-state index contributed by atoms with van der Waals surface area (Å²) in [4.78, 5) is 0.297. The maximum Gasteiger partial charge on any atom is 0.243 e. The molecule has 0 heterocycles. The van der Waals surface area contributed by atoms with E-state index in [1.165, 1.54) is 4.31 Å². The van der Waals surface area contributed by atoms with E-state index in [2.05, 4.69) is 6.92 Å². The van der Waals surface area contributed by atoms with E-state index in [0.29, 0.717) is 11.4 Å². The number of rotatable bonds is 9. The molecule has 2 N–H and O–H groups in total. The molecule has 0 spiro atoms. The van der Waals surface area contributed by atoms with Gasteiger partial charge in [-0.05, 0) is 29.3 Å². The highest BCUT2D eigenvalue weighted by Gasteiger charge is 2.23. The number of nitrogens with one attached hydrogen (secondary N) is 1. The topological polar surface area (TPSA) is 69.6 Å². The van der Waals surface area contributed by atoms with Crippen LogP contribution >= 0.6 is 0 Å². The number of hydroxylamine groups is 1. The van der Waals surface area contributed by atoms with E-state index in [1.807, 2.05) is 35.8 Å². The lowest BCUT2D eigenvalue weighted by atomic mass is 10.1. The van der Waals surface area contributed by atoms with E-state index in [9.17, 15) is 8.42 Å². The lowest BCUT2D eigenvalue weighted by Gasteiger charge is -2.22. The average molecular weight is 336 g/mol. The van der Waals surface area contributed by atoms with Gasteiger partial charge in [0.15, 0.2) is 0 Å². The Bertz CT molecular complexity index is 731. The van der Waals surface area contributed by atoms with Crippen molar-refractivity contribution in [3.63, 3.8) is 0 Å². The van der Waals surface area contributed by atoms with E-state index < -0.39 is 10.0 Å². The van der Waals surface area contributed by atoms with Gasteiger partial charge in [0, 0.05) is 19.6 Å². The van der Waals surface area contributed by atoms with Crippen molar-refractivity contribution in [1.29, 1.82) is 0 Å². The molecule has 0 fully saturated rings. The van der Waals surface area contributed by atoms with E-state index in [-0.39, 0.29) is 13.1 Å². The normalized spacial score (nSPS) is 12.1. The van der Waals surface area contributed by atoms with Crippen molar-refractivity contribution < 1.29 is 13.6 Å². The second kappa shape index (κ2) is 8.40. The van der Waals surface area contributed by atoms with Crippen LogP contribution in [0.5, 0.6) is 0 Å². The van der Waals surface area contributed by atoms with Crippen molar-refractivity contribution in [2.75, 3.05) is 19.6 Å². The fourth-order valence-corrected chi connectivity index (χ4v) is 4.06. The lowest BCUT2D eigenvalue weighted by Crippen LogP contribution is -2.37. The molecule has 126 valence electrons. The van der Waals surface area contributed by atoms with Crippen LogP contribution < -0.4 is 5.48 Å². The molecule has 0 aliphatic rings. The van der Waals surface area contributed by atoms with Crippen molar-refractivity contribution in [2.24, 2.45) is 0 Å². The van der Waals surface area contributed by atoms with Crippen LogP contribution in [0.25, 0.3) is 10.8 Å². The lowest BCUT2D eigenvalue weighted by molar-refractivity contribution is 0.160. The van der Waals surface area contributed by atoms with Gasteiger partial charge in [-0.25, -0.2) is 13.9 Å². The van der Waals surface area contributed by atoms with Gasteiger partial charge in [0.2, 0.25) is 10.0 Å². The molecule has 0 radical (unpaired) electrons. The van der Waals surface area contributed by atoms with Crippen LogP contribution in [0.15, 0.2) is 47.4 Å². The molecular weight excluding hydrogens is 312 g/mol. The number of unbranched alkanes of at least 4 members (excludes halogenated alkanes) is 2. The minimum absolute atomic E-state index is 0.207. The van der Waals surface area contributed by atoms with Gasteiger partial charge in [0.1, 0.15) is 0 Å². The highest BCUT2D eigenvalue weighted by molar-refractivity contribution is 7.89. The van der Waals surface area contributed by atoms with Crippen molar-refractivity contribution in [3.8, 4) is 0 Å². The Balaban J connectivity index is 2.29. The summed E-state index contributed by atoms with van der Waals surface area (Å²) in [7, 11) is -3.56. The smallest absolute Gasteiger partial charge is 0.243 e. The molecule has 0 atom stereocenters. The zero-order valence-electron chi connectivity index (χ0n) is 13.4. The van der Waals surface area contributed by atoms with Crippen molar-refractivity contribution in [3.05, 3.63) is 42.5 Å². The Morgan fingerprint density at radius 2 is 1.78 bits per heavy atom. The second-order valence-electron chi connectivity index (χ2n) is 5.53. The van der Waals surface area contributed by atoms with Crippen LogP contribution in [-0.4, -0.2) is 37.6 Å². The molecule has 0 saturated heterocycles. The third-order valence-corrected chi connectivity index (χ3v) is 5.74. The standard InChI is InChI=1S/C17H24N2O3S/c1-2-3-6-12-19(13-11-18-20)23(21,22)17-10-9-15-7-4-5-8-16(15)14-17/h4-5,7-10,14,18,20H,2-3,6,11-13H2,1H3. The summed E-state index contributed by atoms with van der Waals surface area (Å²) in [5, 5.41) is 10.7. The molecule has 0 amide bonds. The molecule has 23 heavy (non-hydrogen) atoms. The van der Waals surface area contributed by atoms with Gasteiger partial charge in [-0.3, -0.25) is 0 Å². The van der Waals surface area contributed by atoms with Crippen molar-refractivity contribution >= 4 is 20.8 Å². The third kappa shape index (κ3) is 4.51. The number of benzene rings is 2. The summed E-state index contributed by atoms with van der Waals surface area (Å²) < 4.78 is 27.2. The fraction of sp³-hybridized carbons (Fsp3) is 0.412. The maximum absolute atomic E-state index is 12.9. The third-order valence-electron chi connectivity index (χ3n) is 3.84. The Labute approximate surface area is 137 Å².